The van der Waals surface area contributed by atoms with Gasteiger partial charge in [-0.15, -0.1) is 11.3 Å². The molecule has 1 aliphatic rings. The lowest BCUT2D eigenvalue weighted by atomic mass is 9.91. The molecule has 2 heterocycles. The summed E-state index contributed by atoms with van der Waals surface area (Å²) in [5.74, 6) is -0.225. The lowest BCUT2D eigenvalue weighted by Crippen LogP contribution is -2.42. The number of aryl methyl sites for hydroxylation is 1. The number of nitrogens with zero attached hydrogens (tertiary/aromatic N) is 1. The molecule has 0 bridgehead atoms. The van der Waals surface area contributed by atoms with E-state index < -0.39 is 10.0 Å². The van der Waals surface area contributed by atoms with Crippen molar-refractivity contribution in [1.82, 2.24) is 4.31 Å². The SMILES string of the molecule is CCc1ccc(S(=O)(=O)N2CCCC(C(=O)c3ccccc3)C2)s1. The van der Waals surface area contributed by atoms with Crippen LogP contribution in [0.25, 0.3) is 0 Å². The van der Waals surface area contributed by atoms with Crippen LogP contribution < -0.4 is 0 Å². The van der Waals surface area contributed by atoms with Gasteiger partial charge in [0.2, 0.25) is 0 Å². The maximum absolute atomic E-state index is 12.8. The highest BCUT2D eigenvalue weighted by molar-refractivity contribution is 7.91. The minimum Gasteiger partial charge on any atom is -0.294 e. The topological polar surface area (TPSA) is 54.5 Å². The van der Waals surface area contributed by atoms with E-state index in [0.717, 1.165) is 17.7 Å². The fourth-order valence-electron chi connectivity index (χ4n) is 3.03. The number of ketones is 1. The van der Waals surface area contributed by atoms with E-state index in [4.69, 9.17) is 0 Å². The summed E-state index contributed by atoms with van der Waals surface area (Å²) in [6.45, 7) is 2.77. The Labute approximate surface area is 147 Å². The monoisotopic (exact) mass is 363 g/mol. The van der Waals surface area contributed by atoms with Gasteiger partial charge in [-0.2, -0.15) is 4.31 Å². The largest absolute Gasteiger partial charge is 0.294 e. The summed E-state index contributed by atoms with van der Waals surface area (Å²) in [6.07, 6.45) is 2.29. The number of Topliss-reactive ketones (excluding diaryl/α,β-unsaturated/α-hetero) is 1. The van der Waals surface area contributed by atoms with Crippen molar-refractivity contribution in [3.05, 3.63) is 52.9 Å². The van der Waals surface area contributed by atoms with Gasteiger partial charge in [-0.3, -0.25) is 4.79 Å². The lowest BCUT2D eigenvalue weighted by molar-refractivity contribution is 0.0872. The molecule has 0 spiro atoms. The first-order valence-electron chi connectivity index (χ1n) is 8.20. The van der Waals surface area contributed by atoms with Crippen LogP contribution in [0.4, 0.5) is 0 Å². The molecule has 4 nitrogen and oxygen atoms in total. The average molecular weight is 364 g/mol. The molecule has 1 aromatic carbocycles. The van der Waals surface area contributed by atoms with Gasteiger partial charge in [-0.1, -0.05) is 37.3 Å². The Bertz CT molecular complexity index is 812. The molecule has 24 heavy (non-hydrogen) atoms. The maximum atomic E-state index is 12.8. The summed E-state index contributed by atoms with van der Waals surface area (Å²) in [7, 11) is -3.50. The fraction of sp³-hybridized carbons (Fsp3) is 0.389. The Hall–Kier alpha value is -1.50. The third-order valence-corrected chi connectivity index (χ3v) is 7.95. The number of sulfonamides is 1. The normalized spacial score (nSPS) is 19.3. The molecular formula is C18H21NO3S2. The number of carbonyl (C=O) groups excluding carboxylic acids is 1. The lowest BCUT2D eigenvalue weighted by Gasteiger charge is -2.30. The fourth-order valence-corrected chi connectivity index (χ4v) is 6.00. The van der Waals surface area contributed by atoms with Crippen LogP contribution in [0.15, 0.2) is 46.7 Å². The Morgan fingerprint density at radius 3 is 2.62 bits per heavy atom. The molecule has 0 aliphatic carbocycles. The zero-order valence-corrected chi connectivity index (χ0v) is 15.3. The van der Waals surface area contributed by atoms with E-state index in [1.54, 1.807) is 18.2 Å². The van der Waals surface area contributed by atoms with Crippen LogP contribution in [0.5, 0.6) is 0 Å². The highest BCUT2D eigenvalue weighted by Gasteiger charge is 2.34. The number of carbonyl (C=O) groups is 1. The zero-order chi connectivity index (χ0) is 17.2. The molecule has 6 heteroatoms. The molecule has 128 valence electrons. The van der Waals surface area contributed by atoms with E-state index in [1.807, 2.05) is 31.2 Å². The van der Waals surface area contributed by atoms with E-state index in [0.29, 0.717) is 22.7 Å². The van der Waals surface area contributed by atoms with Crippen molar-refractivity contribution in [2.24, 2.45) is 5.92 Å². The first kappa shape index (κ1) is 17.3. The summed E-state index contributed by atoms with van der Waals surface area (Å²) < 4.78 is 27.6. The molecular weight excluding hydrogens is 342 g/mol. The Morgan fingerprint density at radius 2 is 1.96 bits per heavy atom. The van der Waals surface area contributed by atoms with Crippen LogP contribution >= 0.6 is 11.3 Å². The molecule has 3 rings (SSSR count). The van der Waals surface area contributed by atoms with Crippen molar-refractivity contribution in [3.63, 3.8) is 0 Å². The summed E-state index contributed by atoms with van der Waals surface area (Å²) >= 11 is 1.32. The van der Waals surface area contributed by atoms with Gasteiger partial charge in [0.15, 0.2) is 5.78 Å². The summed E-state index contributed by atoms with van der Waals surface area (Å²) in [6, 6.07) is 12.7. The predicted molar refractivity (Wildman–Crippen MR) is 96.0 cm³/mol. The van der Waals surface area contributed by atoms with Gasteiger partial charge < -0.3 is 0 Å². The summed E-state index contributed by atoms with van der Waals surface area (Å²) in [5.41, 5.74) is 0.658. The van der Waals surface area contributed by atoms with Crippen molar-refractivity contribution in [2.75, 3.05) is 13.1 Å². The molecule has 0 saturated carbocycles. The van der Waals surface area contributed by atoms with Crippen LogP contribution in [0.1, 0.15) is 35.0 Å². The zero-order valence-electron chi connectivity index (χ0n) is 13.6. The molecule has 1 unspecified atom stereocenters. The third kappa shape index (κ3) is 3.45. The highest BCUT2D eigenvalue weighted by atomic mass is 32.2. The second-order valence-corrected chi connectivity index (χ2v) is 9.34. The summed E-state index contributed by atoms with van der Waals surface area (Å²) in [4.78, 5) is 13.7. The number of piperidine rings is 1. The van der Waals surface area contributed by atoms with Gasteiger partial charge >= 0.3 is 0 Å². The van der Waals surface area contributed by atoms with Crippen molar-refractivity contribution in [2.45, 2.75) is 30.4 Å². The quantitative estimate of drug-likeness (QED) is 0.763. The van der Waals surface area contributed by atoms with E-state index in [9.17, 15) is 13.2 Å². The van der Waals surface area contributed by atoms with Crippen molar-refractivity contribution in [3.8, 4) is 0 Å². The van der Waals surface area contributed by atoms with Crippen LogP contribution in [0.2, 0.25) is 0 Å². The number of hydrogen-bond donors (Lipinski definition) is 0. The Morgan fingerprint density at radius 1 is 1.21 bits per heavy atom. The van der Waals surface area contributed by atoms with E-state index in [2.05, 4.69) is 0 Å². The average Bonchev–Trinajstić information content (AvgIpc) is 3.12. The van der Waals surface area contributed by atoms with Gasteiger partial charge in [-0.25, -0.2) is 8.42 Å². The first-order chi connectivity index (χ1) is 11.5. The van der Waals surface area contributed by atoms with Gasteiger partial charge in [-0.05, 0) is 31.4 Å². The number of rotatable bonds is 5. The Balaban J connectivity index is 1.79. The highest BCUT2D eigenvalue weighted by Crippen LogP contribution is 2.29. The van der Waals surface area contributed by atoms with Crippen molar-refractivity contribution >= 4 is 27.1 Å². The minimum atomic E-state index is -3.50. The molecule has 1 fully saturated rings. The van der Waals surface area contributed by atoms with Gasteiger partial charge in [0.05, 0.1) is 0 Å². The molecule has 0 amide bonds. The molecule has 2 aromatic rings. The van der Waals surface area contributed by atoms with Gasteiger partial charge in [0.25, 0.3) is 10.0 Å². The maximum Gasteiger partial charge on any atom is 0.252 e. The third-order valence-electron chi connectivity index (χ3n) is 4.39. The minimum absolute atomic E-state index is 0.0379. The summed E-state index contributed by atoms with van der Waals surface area (Å²) in [5, 5.41) is 0. The second kappa shape index (κ2) is 7.17. The molecule has 0 N–H and O–H groups in total. The van der Waals surface area contributed by atoms with Crippen LogP contribution in [-0.4, -0.2) is 31.6 Å². The second-order valence-electron chi connectivity index (χ2n) is 6.01. The van der Waals surface area contributed by atoms with E-state index in [1.165, 1.54) is 15.6 Å². The van der Waals surface area contributed by atoms with Crippen LogP contribution in [-0.2, 0) is 16.4 Å². The number of thiophene rings is 1. The van der Waals surface area contributed by atoms with E-state index in [-0.39, 0.29) is 18.2 Å². The first-order valence-corrected chi connectivity index (χ1v) is 10.5. The Kier molecular flexibility index (Phi) is 5.18. The molecule has 1 aliphatic heterocycles. The van der Waals surface area contributed by atoms with E-state index >= 15 is 0 Å². The number of benzene rings is 1. The standard InChI is InChI=1S/C18H21NO3S2/c1-2-16-10-11-17(23-16)24(21,22)19-12-6-9-15(13-19)18(20)14-7-4-3-5-8-14/h3-5,7-8,10-11,15H,2,6,9,12-13H2,1H3. The van der Waals surface area contributed by atoms with Gasteiger partial charge in [0, 0.05) is 29.4 Å². The molecule has 0 radical (unpaired) electrons. The number of hydrogen-bond acceptors (Lipinski definition) is 4. The molecule has 1 saturated heterocycles. The van der Waals surface area contributed by atoms with Crippen LogP contribution in [0, 0.1) is 5.92 Å². The van der Waals surface area contributed by atoms with Crippen molar-refractivity contribution < 1.29 is 13.2 Å². The molecule has 1 aromatic heterocycles. The van der Waals surface area contributed by atoms with Gasteiger partial charge in [0.1, 0.15) is 4.21 Å². The van der Waals surface area contributed by atoms with Crippen LogP contribution in [0.3, 0.4) is 0 Å². The predicted octanol–water partition coefficient (Wildman–Crippen LogP) is 3.59. The van der Waals surface area contributed by atoms with Crippen molar-refractivity contribution in [1.29, 1.82) is 0 Å². The molecule has 1 atom stereocenters. The smallest absolute Gasteiger partial charge is 0.252 e.